The van der Waals surface area contributed by atoms with Crippen LogP contribution in [0.25, 0.3) is 0 Å². The molecule has 0 saturated carbocycles. The lowest BCUT2D eigenvalue weighted by atomic mass is 9.91. The zero-order valence-corrected chi connectivity index (χ0v) is 9.35. The molecule has 0 heterocycles. The number of para-hydroxylation sites is 1. The largest absolute Gasteiger partial charge is 0.550 e. The first-order valence-corrected chi connectivity index (χ1v) is 6.32. The Hall–Kier alpha value is -0.215. The van der Waals surface area contributed by atoms with E-state index in [2.05, 4.69) is 18.6 Å². The lowest BCUT2D eigenvalue weighted by Gasteiger charge is -2.11. The van der Waals surface area contributed by atoms with E-state index in [1.807, 2.05) is 30.3 Å². The molecular weight excluding hydrogens is 199 g/mol. The molecule has 0 radical (unpaired) electrons. The van der Waals surface area contributed by atoms with Gasteiger partial charge in [0.05, 0.1) is 5.75 Å². The number of thiol groups is 1. The summed E-state index contributed by atoms with van der Waals surface area (Å²) in [6.45, 7) is 2.14. The van der Waals surface area contributed by atoms with Gasteiger partial charge in [-0.1, -0.05) is 42.2 Å². The molecule has 0 unspecified atom stereocenters. The third-order valence-electron chi connectivity index (χ3n) is 1.65. The van der Waals surface area contributed by atoms with Gasteiger partial charge >= 0.3 is 6.19 Å². The molecule has 0 aliphatic rings. The Morgan fingerprint density at radius 3 is 2.62 bits per heavy atom. The van der Waals surface area contributed by atoms with Gasteiger partial charge in [0.25, 0.3) is 0 Å². The molecular formula is C9H13BOS2. The topological polar surface area (TPSA) is 9.23 Å². The zero-order chi connectivity index (χ0) is 9.52. The summed E-state index contributed by atoms with van der Waals surface area (Å²) in [5.74, 6) is 0.919. The average molecular weight is 212 g/mol. The van der Waals surface area contributed by atoms with Crippen molar-refractivity contribution in [1.29, 1.82) is 0 Å². The van der Waals surface area contributed by atoms with Gasteiger partial charge in [-0.3, -0.25) is 0 Å². The van der Waals surface area contributed by atoms with Gasteiger partial charge < -0.3 is 4.65 Å². The van der Waals surface area contributed by atoms with Crippen molar-refractivity contribution < 1.29 is 4.65 Å². The second kappa shape index (κ2) is 6.27. The predicted octanol–water partition coefficient (Wildman–Crippen LogP) is 3.54. The first-order chi connectivity index (χ1) is 6.36. The second-order valence-corrected chi connectivity index (χ2v) is 4.12. The van der Waals surface area contributed by atoms with Crippen molar-refractivity contribution in [3.8, 4) is 5.75 Å². The van der Waals surface area contributed by atoms with E-state index >= 15 is 0 Å². The Labute approximate surface area is 89.1 Å². The van der Waals surface area contributed by atoms with Crippen LogP contribution in [0.15, 0.2) is 30.3 Å². The van der Waals surface area contributed by atoms with Crippen LogP contribution in [0, 0.1) is 0 Å². The maximum Gasteiger partial charge on any atom is 0.436 e. The third-order valence-corrected chi connectivity index (χ3v) is 2.93. The van der Waals surface area contributed by atoms with E-state index < -0.39 is 0 Å². The maximum absolute atomic E-state index is 5.69. The predicted molar refractivity (Wildman–Crippen MR) is 64.5 cm³/mol. The van der Waals surface area contributed by atoms with Crippen LogP contribution in [0.5, 0.6) is 5.75 Å². The van der Waals surface area contributed by atoms with Crippen LogP contribution in [0.4, 0.5) is 0 Å². The highest BCUT2D eigenvalue weighted by atomic mass is 33.1. The smallest absolute Gasteiger partial charge is 0.436 e. The van der Waals surface area contributed by atoms with Crippen LogP contribution in [0.1, 0.15) is 13.3 Å². The molecule has 1 aromatic rings. The van der Waals surface area contributed by atoms with Crippen LogP contribution in [-0.2, 0) is 0 Å². The Bertz CT molecular complexity index is 230. The molecule has 1 nitrogen and oxygen atoms in total. The van der Waals surface area contributed by atoms with Crippen molar-refractivity contribution in [3.63, 3.8) is 0 Å². The summed E-state index contributed by atoms with van der Waals surface area (Å²) in [4.78, 5) is 0. The summed E-state index contributed by atoms with van der Waals surface area (Å²) >= 11 is 4.17. The summed E-state index contributed by atoms with van der Waals surface area (Å²) in [6.07, 6.45) is 2.31. The summed E-state index contributed by atoms with van der Waals surface area (Å²) in [6, 6.07) is 9.86. The van der Waals surface area contributed by atoms with Gasteiger partial charge in [-0.05, 0) is 18.5 Å². The Balaban J connectivity index is 2.46. The average Bonchev–Trinajstić information content (AvgIpc) is 2.19. The Morgan fingerprint density at radius 1 is 1.38 bits per heavy atom. The normalized spacial score (nSPS) is 9.69. The van der Waals surface area contributed by atoms with E-state index in [0.29, 0.717) is 0 Å². The first kappa shape index (κ1) is 10.9. The molecule has 0 aromatic heterocycles. The molecule has 1 rings (SSSR count). The highest BCUT2D eigenvalue weighted by Gasteiger charge is 2.15. The van der Waals surface area contributed by atoms with E-state index in [1.54, 1.807) is 0 Å². The fourth-order valence-electron chi connectivity index (χ4n) is 1.02. The minimum Gasteiger partial charge on any atom is -0.550 e. The minimum absolute atomic E-state index is 0.163. The van der Waals surface area contributed by atoms with Crippen LogP contribution in [-0.4, -0.2) is 6.19 Å². The Kier molecular flexibility index (Phi) is 5.24. The lowest BCUT2D eigenvalue weighted by molar-refractivity contribution is 0.584. The summed E-state index contributed by atoms with van der Waals surface area (Å²) in [5.41, 5.74) is 0. The lowest BCUT2D eigenvalue weighted by Crippen LogP contribution is -2.15. The van der Waals surface area contributed by atoms with Gasteiger partial charge in [-0.2, -0.15) is 0 Å². The fraction of sp³-hybridized carbons (Fsp3) is 0.333. The molecule has 13 heavy (non-hydrogen) atoms. The van der Waals surface area contributed by atoms with Crippen LogP contribution >= 0.6 is 22.3 Å². The summed E-state index contributed by atoms with van der Waals surface area (Å²) < 4.78 is 5.69. The van der Waals surface area contributed by atoms with E-state index in [4.69, 9.17) is 4.65 Å². The van der Waals surface area contributed by atoms with E-state index in [-0.39, 0.29) is 6.19 Å². The van der Waals surface area contributed by atoms with Gasteiger partial charge in [0.2, 0.25) is 0 Å². The highest BCUT2D eigenvalue weighted by molar-refractivity contribution is 8.79. The molecule has 4 heteroatoms. The number of benzene rings is 1. The van der Waals surface area contributed by atoms with E-state index in [9.17, 15) is 0 Å². The quantitative estimate of drug-likeness (QED) is 0.454. The van der Waals surface area contributed by atoms with Crippen molar-refractivity contribution in [3.05, 3.63) is 30.3 Å². The fourth-order valence-corrected chi connectivity index (χ4v) is 1.96. The number of rotatable bonds is 5. The van der Waals surface area contributed by atoms with Gasteiger partial charge in [-0.25, -0.2) is 0 Å². The molecule has 0 amide bonds. The van der Waals surface area contributed by atoms with Crippen molar-refractivity contribution >= 4 is 28.5 Å². The van der Waals surface area contributed by atoms with Crippen LogP contribution in [0.2, 0.25) is 6.32 Å². The summed E-state index contributed by atoms with van der Waals surface area (Å²) in [5, 5.41) is 0. The highest BCUT2D eigenvalue weighted by Crippen LogP contribution is 2.21. The molecule has 0 aliphatic heterocycles. The van der Waals surface area contributed by atoms with Gasteiger partial charge in [0.1, 0.15) is 0 Å². The number of hydrogen-bond donors (Lipinski definition) is 1. The molecule has 0 N–H and O–H groups in total. The minimum atomic E-state index is 0.163. The van der Waals surface area contributed by atoms with Crippen LogP contribution in [0.3, 0.4) is 0 Å². The summed E-state index contributed by atoms with van der Waals surface area (Å²) in [7, 11) is 1.46. The van der Waals surface area contributed by atoms with Gasteiger partial charge in [0, 0.05) is 0 Å². The van der Waals surface area contributed by atoms with Crippen molar-refractivity contribution in [2.75, 3.05) is 0 Å². The van der Waals surface area contributed by atoms with Crippen molar-refractivity contribution in [1.82, 2.24) is 0 Å². The van der Waals surface area contributed by atoms with E-state index in [0.717, 1.165) is 18.5 Å². The molecule has 0 fully saturated rings. The first-order valence-electron chi connectivity index (χ1n) is 4.38. The van der Waals surface area contributed by atoms with Crippen molar-refractivity contribution in [2.45, 2.75) is 19.7 Å². The van der Waals surface area contributed by atoms with E-state index in [1.165, 1.54) is 10.6 Å². The molecule has 0 aliphatic carbocycles. The molecule has 0 atom stereocenters. The van der Waals surface area contributed by atoms with Crippen LogP contribution < -0.4 is 4.65 Å². The monoisotopic (exact) mass is 212 g/mol. The standard InChI is InChI=1S/C9H13BOS2/c1-2-8-10(13-12)11-9-6-4-3-5-7-9/h3-7,12H,2,8H2,1H3. The molecule has 0 spiro atoms. The number of hydrogen-bond acceptors (Lipinski definition) is 3. The van der Waals surface area contributed by atoms with Gasteiger partial charge in [-0.15, -0.1) is 11.7 Å². The molecule has 0 saturated heterocycles. The van der Waals surface area contributed by atoms with Crippen molar-refractivity contribution in [2.24, 2.45) is 0 Å². The SMILES string of the molecule is CCCB(Oc1ccccc1)SS. The van der Waals surface area contributed by atoms with Gasteiger partial charge in [0.15, 0.2) is 0 Å². The zero-order valence-electron chi connectivity index (χ0n) is 7.64. The second-order valence-electron chi connectivity index (χ2n) is 2.75. The Morgan fingerprint density at radius 2 is 2.08 bits per heavy atom. The third kappa shape index (κ3) is 4.01. The maximum atomic E-state index is 5.69. The molecule has 70 valence electrons. The molecule has 1 aromatic carbocycles. The molecule has 0 bridgehead atoms.